The maximum absolute atomic E-state index is 13.7. The van der Waals surface area contributed by atoms with Crippen LogP contribution >= 0.6 is 11.6 Å². The first kappa shape index (κ1) is 45.4. The topological polar surface area (TPSA) is 181 Å². The van der Waals surface area contributed by atoms with E-state index in [0.29, 0.717) is 77.9 Å². The third-order valence-electron chi connectivity index (χ3n) is 12.7. The van der Waals surface area contributed by atoms with E-state index in [0.717, 1.165) is 82.6 Å². The quantitative estimate of drug-likeness (QED) is 0.0612. The lowest BCUT2D eigenvalue weighted by atomic mass is 10.0. The molecule has 1 unspecified atom stereocenters. The van der Waals surface area contributed by atoms with Crippen molar-refractivity contribution < 1.29 is 33.1 Å². The molecule has 5 heterocycles. The second kappa shape index (κ2) is 20.8. The van der Waals surface area contributed by atoms with Crippen LogP contribution in [0.5, 0.6) is 5.75 Å². The number of likely N-dealkylation sites (tertiary alicyclic amines) is 1. The molecule has 4 aliphatic heterocycles. The molecule has 0 bridgehead atoms. The summed E-state index contributed by atoms with van der Waals surface area (Å²) in [5, 5.41) is 12.5. The number of hydrogen-bond donors (Lipinski definition) is 4. The molecule has 0 radical (unpaired) electrons. The second-order valence-corrected chi connectivity index (χ2v) is 17.3. The smallest absolute Gasteiger partial charge is 0.255 e. The molecule has 8 rings (SSSR count). The molecular formula is C47H54ClFN10O6. The van der Waals surface area contributed by atoms with E-state index >= 15 is 0 Å². The van der Waals surface area contributed by atoms with Crippen LogP contribution in [0.15, 0.2) is 67.0 Å². The molecule has 0 spiro atoms. The van der Waals surface area contributed by atoms with Gasteiger partial charge in [-0.25, -0.2) is 14.4 Å². The van der Waals surface area contributed by atoms with Crippen molar-refractivity contribution in [2.24, 2.45) is 0 Å². The predicted octanol–water partition coefficient (Wildman–Crippen LogP) is 5.71. The highest BCUT2D eigenvalue weighted by Crippen LogP contribution is 2.35. The van der Waals surface area contributed by atoms with Crippen LogP contribution in [0.25, 0.3) is 10.9 Å². The molecule has 16 nitrogen and oxygen atoms in total. The minimum absolute atomic E-state index is 0.0197. The zero-order chi connectivity index (χ0) is 45.5. The van der Waals surface area contributed by atoms with E-state index in [-0.39, 0.29) is 35.1 Å². The zero-order valence-corrected chi connectivity index (χ0v) is 37.2. The number of halogens is 2. The van der Waals surface area contributed by atoms with Gasteiger partial charge in [0, 0.05) is 105 Å². The minimum atomic E-state index is -0.643. The van der Waals surface area contributed by atoms with Gasteiger partial charge in [-0.2, -0.15) is 0 Å². The van der Waals surface area contributed by atoms with E-state index in [9.17, 15) is 28.4 Å². The average Bonchev–Trinajstić information content (AvgIpc) is 3.64. The summed E-state index contributed by atoms with van der Waals surface area (Å²) in [6.45, 7) is 6.74. The van der Waals surface area contributed by atoms with Crippen molar-refractivity contribution in [2.45, 2.75) is 70.0 Å². The Labute approximate surface area is 381 Å². The van der Waals surface area contributed by atoms with Gasteiger partial charge in [-0.05, 0) is 81.6 Å². The molecule has 0 saturated carbocycles. The first-order valence-corrected chi connectivity index (χ1v) is 22.7. The first-order chi connectivity index (χ1) is 31.5. The third kappa shape index (κ3) is 10.9. The Morgan fingerprint density at radius 2 is 1.77 bits per heavy atom. The SMILES string of the molecule is COc1cc2ncnc(Nc3ccc(F)c(Cl)c3)c2cc1NC(=O)/C=C/CN1CCC(N2CCN(C(=O)CCCCCNc3cccc4c3CN(C3CCC(=O)NC3=O)C4=O)CC2)CC1. The van der Waals surface area contributed by atoms with Crippen LogP contribution in [-0.4, -0.2) is 131 Å². The molecule has 18 heteroatoms. The Morgan fingerprint density at radius 1 is 0.954 bits per heavy atom. The third-order valence-corrected chi connectivity index (χ3v) is 13.0. The van der Waals surface area contributed by atoms with Gasteiger partial charge < -0.3 is 30.5 Å². The maximum Gasteiger partial charge on any atom is 0.255 e. The van der Waals surface area contributed by atoms with Gasteiger partial charge in [-0.1, -0.05) is 30.2 Å². The van der Waals surface area contributed by atoms with E-state index in [1.807, 2.05) is 23.1 Å². The Balaban J connectivity index is 0.714. The number of fused-ring (bicyclic) bond motifs is 2. The van der Waals surface area contributed by atoms with E-state index in [2.05, 4.69) is 41.0 Å². The molecule has 3 saturated heterocycles. The highest BCUT2D eigenvalue weighted by atomic mass is 35.5. The number of carbonyl (C=O) groups is 5. The Morgan fingerprint density at radius 3 is 2.54 bits per heavy atom. The average molecular weight is 909 g/mol. The van der Waals surface area contributed by atoms with Gasteiger partial charge in [-0.3, -0.25) is 39.1 Å². The van der Waals surface area contributed by atoms with Crippen molar-refractivity contribution in [2.75, 3.05) is 75.4 Å². The summed E-state index contributed by atoms with van der Waals surface area (Å²) in [6.07, 6.45) is 10.5. The summed E-state index contributed by atoms with van der Waals surface area (Å²) >= 11 is 5.97. The number of rotatable bonds is 16. The highest BCUT2D eigenvalue weighted by molar-refractivity contribution is 6.31. The van der Waals surface area contributed by atoms with Crippen molar-refractivity contribution in [3.8, 4) is 5.75 Å². The summed E-state index contributed by atoms with van der Waals surface area (Å²) in [6, 6.07) is 13.1. The van der Waals surface area contributed by atoms with Crippen molar-refractivity contribution in [1.29, 1.82) is 0 Å². The van der Waals surface area contributed by atoms with Crippen LogP contribution in [0.1, 0.15) is 67.3 Å². The number of unbranched alkanes of at least 4 members (excludes halogenated alkanes) is 2. The van der Waals surface area contributed by atoms with Crippen molar-refractivity contribution in [1.82, 2.24) is 34.9 Å². The number of hydrogen-bond acceptors (Lipinski definition) is 12. The minimum Gasteiger partial charge on any atom is -0.494 e. The Hall–Kier alpha value is -6.17. The van der Waals surface area contributed by atoms with E-state index in [4.69, 9.17) is 16.3 Å². The normalized spacial score (nSPS) is 18.6. The monoisotopic (exact) mass is 908 g/mol. The first-order valence-electron chi connectivity index (χ1n) is 22.3. The van der Waals surface area contributed by atoms with Crippen LogP contribution in [0.4, 0.5) is 27.3 Å². The Kier molecular flexibility index (Phi) is 14.5. The van der Waals surface area contributed by atoms with Crippen LogP contribution in [0.2, 0.25) is 5.02 Å². The number of methoxy groups -OCH3 is 1. The van der Waals surface area contributed by atoms with E-state index < -0.39 is 17.8 Å². The molecule has 1 aromatic heterocycles. The van der Waals surface area contributed by atoms with Crippen molar-refractivity contribution in [3.05, 3.63) is 89.0 Å². The predicted molar refractivity (Wildman–Crippen MR) is 246 cm³/mol. The Bertz CT molecular complexity index is 2470. The molecule has 4 N–H and O–H groups in total. The van der Waals surface area contributed by atoms with Gasteiger partial charge in [0.1, 0.15) is 29.8 Å². The molecular weight excluding hydrogens is 855 g/mol. The lowest BCUT2D eigenvalue weighted by Crippen LogP contribution is -2.54. The van der Waals surface area contributed by atoms with Crippen molar-refractivity contribution >= 4 is 74.9 Å². The van der Waals surface area contributed by atoms with Gasteiger partial charge >= 0.3 is 0 Å². The molecule has 65 heavy (non-hydrogen) atoms. The fourth-order valence-electron chi connectivity index (χ4n) is 9.16. The number of carbonyl (C=O) groups excluding carboxylic acids is 5. The van der Waals surface area contributed by atoms with Gasteiger partial charge in [-0.15, -0.1) is 0 Å². The summed E-state index contributed by atoms with van der Waals surface area (Å²) in [7, 11) is 1.52. The standard InChI is InChI=1S/C47H54ClFN10O6/c1-65-41-27-38-33(45(52-29-51-38)53-30-11-12-36(49)35(48)25-30)26-39(41)54-42(60)9-6-18-56-19-15-31(16-20-56)57-21-23-58(24-22-57)44(62)10-3-2-4-17-50-37-8-5-7-32-34(37)28-59(47(32)64)40-13-14-43(61)55-46(40)63/h5-9,11-12,25-27,29,31,40,50H,2-4,10,13-24,28H2,1H3,(H,54,60)(H,51,52,53)(H,55,61,63)/b9-6+. The summed E-state index contributed by atoms with van der Waals surface area (Å²) in [5.74, 6) is -0.625. The molecule has 0 aliphatic carbocycles. The lowest BCUT2D eigenvalue weighted by Gasteiger charge is -2.42. The zero-order valence-electron chi connectivity index (χ0n) is 36.4. The van der Waals surface area contributed by atoms with Crippen molar-refractivity contribution in [3.63, 3.8) is 0 Å². The van der Waals surface area contributed by atoms with Gasteiger partial charge in [0.05, 0.1) is 23.3 Å². The highest BCUT2D eigenvalue weighted by Gasteiger charge is 2.40. The molecule has 3 aromatic carbocycles. The molecule has 342 valence electrons. The number of aromatic nitrogens is 2. The maximum atomic E-state index is 13.7. The molecule has 5 amide bonds. The lowest BCUT2D eigenvalue weighted by molar-refractivity contribution is -0.137. The van der Waals surface area contributed by atoms with Gasteiger partial charge in [0.2, 0.25) is 23.6 Å². The van der Waals surface area contributed by atoms with Crippen LogP contribution in [0.3, 0.4) is 0 Å². The second-order valence-electron chi connectivity index (χ2n) is 16.9. The number of ether oxygens (including phenoxy) is 1. The molecule has 4 aromatic rings. The number of amides is 5. The number of piperazine rings is 1. The molecule has 4 aliphatic rings. The molecule has 3 fully saturated rings. The number of piperidine rings is 2. The van der Waals surface area contributed by atoms with Crippen LogP contribution < -0.4 is 26.0 Å². The number of nitrogens with zero attached hydrogens (tertiary/aromatic N) is 6. The number of benzene rings is 3. The van der Waals surface area contributed by atoms with Crippen LogP contribution in [-0.2, 0) is 25.7 Å². The largest absolute Gasteiger partial charge is 0.494 e. The number of anilines is 4. The summed E-state index contributed by atoms with van der Waals surface area (Å²) < 4.78 is 19.3. The summed E-state index contributed by atoms with van der Waals surface area (Å²) in [4.78, 5) is 80.5. The molecule has 1 atom stereocenters. The van der Waals surface area contributed by atoms with Gasteiger partial charge in [0.25, 0.3) is 5.91 Å². The number of nitrogens with one attached hydrogen (secondary N) is 4. The summed E-state index contributed by atoms with van der Waals surface area (Å²) in [5.41, 5.74) is 3.92. The van der Waals surface area contributed by atoms with E-state index in [1.165, 1.54) is 31.6 Å². The van der Waals surface area contributed by atoms with E-state index in [1.54, 1.807) is 29.2 Å². The fourth-order valence-corrected chi connectivity index (χ4v) is 9.34. The number of imide groups is 1. The van der Waals surface area contributed by atoms with Crippen LogP contribution in [0, 0.1) is 5.82 Å². The van der Waals surface area contributed by atoms with Gasteiger partial charge in [0.15, 0.2) is 0 Å². The fraction of sp³-hybridized carbons (Fsp3) is 0.426.